The number of nitrogens with one attached hydrogen (secondary N) is 2. The van der Waals surface area contributed by atoms with Gasteiger partial charge in [0.1, 0.15) is 5.82 Å². The van der Waals surface area contributed by atoms with Gasteiger partial charge in [0.2, 0.25) is 0 Å². The number of piperidine rings is 1. The molecule has 2 aliphatic rings. The van der Waals surface area contributed by atoms with E-state index in [4.69, 9.17) is 0 Å². The zero-order chi connectivity index (χ0) is 19.5. The number of amides is 1. The average Bonchev–Trinajstić information content (AvgIpc) is 3.04. The molecule has 28 heavy (non-hydrogen) atoms. The summed E-state index contributed by atoms with van der Waals surface area (Å²) in [5, 5.41) is 5.83. The van der Waals surface area contributed by atoms with Crippen LogP contribution in [-0.2, 0) is 4.79 Å². The number of benzene rings is 2. The monoisotopic (exact) mass is 379 g/mol. The van der Waals surface area contributed by atoms with Crippen molar-refractivity contribution in [2.45, 2.75) is 32.6 Å². The largest absolute Gasteiger partial charge is 0.372 e. The second-order valence-corrected chi connectivity index (χ2v) is 7.58. The summed E-state index contributed by atoms with van der Waals surface area (Å²) in [5.41, 5.74) is 3.25. The standard InChI is InChI=1S/C23H26FN3O/c1-2-4-16-11-13-27(14-12-16)18-9-7-17(8-10-18)25-15-19-22-20(24)5-3-6-21(22)26-23(19)28/h3,5-10,15-16,25H,2,4,11-14H2,1H3,(H,26,28)/b19-15+. The number of halogens is 1. The topological polar surface area (TPSA) is 44.4 Å². The van der Waals surface area contributed by atoms with E-state index in [2.05, 4.69) is 34.6 Å². The molecule has 1 amide bonds. The summed E-state index contributed by atoms with van der Waals surface area (Å²) >= 11 is 0. The number of carbonyl (C=O) groups excluding carboxylic acids is 1. The number of carbonyl (C=O) groups is 1. The minimum absolute atomic E-state index is 0.292. The summed E-state index contributed by atoms with van der Waals surface area (Å²) < 4.78 is 14.1. The van der Waals surface area contributed by atoms with E-state index < -0.39 is 5.82 Å². The van der Waals surface area contributed by atoms with Gasteiger partial charge in [-0.3, -0.25) is 4.79 Å². The molecule has 4 nitrogen and oxygen atoms in total. The van der Waals surface area contributed by atoms with Crippen LogP contribution in [0.15, 0.2) is 48.7 Å². The second-order valence-electron chi connectivity index (χ2n) is 7.58. The zero-order valence-corrected chi connectivity index (χ0v) is 16.2. The lowest BCUT2D eigenvalue weighted by Crippen LogP contribution is -2.33. The number of anilines is 3. The minimum atomic E-state index is -0.397. The van der Waals surface area contributed by atoms with Crippen molar-refractivity contribution in [2.24, 2.45) is 5.92 Å². The number of nitrogens with zero attached hydrogens (tertiary/aromatic N) is 1. The molecule has 146 valence electrons. The van der Waals surface area contributed by atoms with Crippen LogP contribution < -0.4 is 15.5 Å². The lowest BCUT2D eigenvalue weighted by Gasteiger charge is -2.33. The van der Waals surface area contributed by atoms with E-state index in [9.17, 15) is 9.18 Å². The summed E-state index contributed by atoms with van der Waals surface area (Å²) in [7, 11) is 0. The van der Waals surface area contributed by atoms with Crippen LogP contribution in [0.2, 0.25) is 0 Å². The summed E-state index contributed by atoms with van der Waals surface area (Å²) in [6.45, 7) is 4.48. The van der Waals surface area contributed by atoms with E-state index in [1.54, 1.807) is 18.3 Å². The van der Waals surface area contributed by atoms with E-state index >= 15 is 0 Å². The summed E-state index contributed by atoms with van der Waals surface area (Å²) in [4.78, 5) is 14.6. The molecule has 0 aliphatic carbocycles. The maximum absolute atomic E-state index is 14.1. The molecule has 0 radical (unpaired) electrons. The van der Waals surface area contributed by atoms with Gasteiger partial charge in [0.25, 0.3) is 5.91 Å². The third-order valence-corrected chi connectivity index (χ3v) is 5.70. The fourth-order valence-corrected chi connectivity index (χ4v) is 4.15. The average molecular weight is 379 g/mol. The second kappa shape index (κ2) is 8.05. The number of hydrogen-bond donors (Lipinski definition) is 2. The number of hydrogen-bond acceptors (Lipinski definition) is 3. The van der Waals surface area contributed by atoms with E-state index in [0.717, 1.165) is 24.7 Å². The fourth-order valence-electron chi connectivity index (χ4n) is 4.15. The Morgan fingerprint density at radius 2 is 1.93 bits per heavy atom. The van der Waals surface area contributed by atoms with Crippen LogP contribution in [0, 0.1) is 11.7 Å². The Hall–Kier alpha value is -2.82. The fraction of sp³-hybridized carbons (Fsp3) is 0.348. The van der Waals surface area contributed by atoms with Crippen molar-refractivity contribution < 1.29 is 9.18 Å². The van der Waals surface area contributed by atoms with E-state index in [-0.39, 0.29) is 5.91 Å². The van der Waals surface area contributed by atoms with Gasteiger partial charge in [-0.1, -0.05) is 25.8 Å². The van der Waals surface area contributed by atoms with Crippen molar-refractivity contribution in [1.29, 1.82) is 0 Å². The molecule has 1 fully saturated rings. The van der Waals surface area contributed by atoms with Gasteiger partial charge in [0.05, 0.1) is 11.3 Å². The SMILES string of the molecule is CCCC1CCN(c2ccc(N/C=C3/C(=O)Nc4cccc(F)c43)cc2)CC1. The van der Waals surface area contributed by atoms with E-state index in [1.165, 1.54) is 37.4 Å². The smallest absolute Gasteiger partial charge is 0.257 e. The van der Waals surface area contributed by atoms with E-state index in [1.807, 2.05) is 12.1 Å². The van der Waals surface area contributed by atoms with Gasteiger partial charge in [0.15, 0.2) is 0 Å². The van der Waals surface area contributed by atoms with Crippen LogP contribution in [-0.4, -0.2) is 19.0 Å². The maximum atomic E-state index is 14.1. The highest BCUT2D eigenvalue weighted by Gasteiger charge is 2.27. The van der Waals surface area contributed by atoms with Crippen molar-refractivity contribution in [1.82, 2.24) is 0 Å². The molecule has 0 aromatic heterocycles. The lowest BCUT2D eigenvalue weighted by molar-refractivity contribution is -0.110. The van der Waals surface area contributed by atoms with Crippen molar-refractivity contribution in [3.8, 4) is 0 Å². The molecule has 0 atom stereocenters. The first-order valence-corrected chi connectivity index (χ1v) is 10.1. The van der Waals surface area contributed by atoms with Crippen molar-refractivity contribution >= 4 is 28.5 Å². The molecular weight excluding hydrogens is 353 g/mol. The van der Waals surface area contributed by atoms with Gasteiger partial charge >= 0.3 is 0 Å². The molecular formula is C23H26FN3O. The Balaban J connectivity index is 1.42. The molecule has 2 N–H and O–H groups in total. The Labute approximate surface area is 165 Å². The molecule has 4 rings (SSSR count). The Bertz CT molecular complexity index is 883. The van der Waals surface area contributed by atoms with Crippen LogP contribution in [0.3, 0.4) is 0 Å². The predicted octanol–water partition coefficient (Wildman–Crippen LogP) is 5.25. The highest BCUT2D eigenvalue weighted by Crippen LogP contribution is 2.34. The van der Waals surface area contributed by atoms with Crippen molar-refractivity contribution in [2.75, 3.05) is 28.6 Å². The van der Waals surface area contributed by atoms with Crippen molar-refractivity contribution in [3.05, 3.63) is 60.0 Å². The molecule has 2 heterocycles. The quantitative estimate of drug-likeness (QED) is 0.698. The van der Waals surface area contributed by atoms with Gasteiger partial charge in [-0.15, -0.1) is 0 Å². The lowest BCUT2D eigenvalue weighted by atomic mass is 9.92. The van der Waals surface area contributed by atoms with Crippen LogP contribution in [0.4, 0.5) is 21.5 Å². The van der Waals surface area contributed by atoms with Crippen molar-refractivity contribution in [3.63, 3.8) is 0 Å². The van der Waals surface area contributed by atoms with Gasteiger partial charge in [-0.2, -0.15) is 0 Å². The Morgan fingerprint density at radius 1 is 1.18 bits per heavy atom. The first-order valence-electron chi connectivity index (χ1n) is 10.1. The third kappa shape index (κ3) is 3.75. The van der Waals surface area contributed by atoms with Crippen LogP contribution in [0.5, 0.6) is 0 Å². The van der Waals surface area contributed by atoms with Gasteiger partial charge in [-0.25, -0.2) is 4.39 Å². The maximum Gasteiger partial charge on any atom is 0.257 e. The molecule has 0 bridgehead atoms. The van der Waals surface area contributed by atoms with Gasteiger partial charge in [0, 0.05) is 36.2 Å². The molecule has 2 aromatic rings. The molecule has 0 unspecified atom stereocenters. The van der Waals surface area contributed by atoms with Gasteiger partial charge in [-0.05, 0) is 55.2 Å². The van der Waals surface area contributed by atoms with Crippen LogP contribution in [0.1, 0.15) is 38.2 Å². The molecule has 2 aliphatic heterocycles. The highest BCUT2D eigenvalue weighted by molar-refractivity contribution is 6.31. The number of fused-ring (bicyclic) bond motifs is 1. The first kappa shape index (κ1) is 18.5. The summed E-state index contributed by atoms with van der Waals surface area (Å²) in [6.07, 6.45) is 6.71. The molecule has 1 saturated heterocycles. The number of rotatable bonds is 5. The Kier molecular flexibility index (Phi) is 5.33. The first-order chi connectivity index (χ1) is 13.7. The molecule has 2 aromatic carbocycles. The molecule has 5 heteroatoms. The predicted molar refractivity (Wildman–Crippen MR) is 113 cm³/mol. The van der Waals surface area contributed by atoms with Gasteiger partial charge < -0.3 is 15.5 Å². The minimum Gasteiger partial charge on any atom is -0.372 e. The zero-order valence-electron chi connectivity index (χ0n) is 16.2. The summed E-state index contributed by atoms with van der Waals surface area (Å²) in [6, 6.07) is 12.9. The normalized spacial score (nSPS) is 18.3. The summed E-state index contributed by atoms with van der Waals surface area (Å²) in [5.74, 6) is 0.180. The third-order valence-electron chi connectivity index (χ3n) is 5.70. The van der Waals surface area contributed by atoms with Crippen LogP contribution in [0.25, 0.3) is 5.57 Å². The Morgan fingerprint density at radius 3 is 2.64 bits per heavy atom. The van der Waals surface area contributed by atoms with Crippen LogP contribution >= 0.6 is 0 Å². The van der Waals surface area contributed by atoms with E-state index in [0.29, 0.717) is 16.8 Å². The molecule has 0 spiro atoms. The highest BCUT2D eigenvalue weighted by atomic mass is 19.1. The molecule has 0 saturated carbocycles.